The highest BCUT2D eigenvalue weighted by Gasteiger charge is 2.52. The average molecular weight is 318 g/mol. The maximum Gasteiger partial charge on any atom is 0.498 e. The molecule has 1 aliphatic carbocycles. The molecule has 1 aromatic rings. The smallest absolute Gasteiger partial charge is 0.399 e. The molecule has 0 amide bonds. The lowest BCUT2D eigenvalue weighted by atomic mass is 9.75. The molecule has 1 saturated carbocycles. The third kappa shape index (κ3) is 3.10. The fourth-order valence-electron chi connectivity index (χ4n) is 3.75. The molecule has 23 heavy (non-hydrogen) atoms. The summed E-state index contributed by atoms with van der Waals surface area (Å²) in [5.74, 6) is 0. The van der Waals surface area contributed by atoms with Gasteiger partial charge in [0.2, 0.25) is 0 Å². The van der Waals surface area contributed by atoms with E-state index in [0.29, 0.717) is 5.41 Å². The van der Waals surface area contributed by atoms with Crippen LogP contribution in [0.5, 0.6) is 0 Å². The summed E-state index contributed by atoms with van der Waals surface area (Å²) in [5.41, 5.74) is 2.02. The molecule has 0 atom stereocenters. The van der Waals surface area contributed by atoms with Crippen LogP contribution in [0.15, 0.2) is 6.20 Å². The van der Waals surface area contributed by atoms with Crippen molar-refractivity contribution in [2.75, 3.05) is 0 Å². The second kappa shape index (κ2) is 5.63. The van der Waals surface area contributed by atoms with Crippen molar-refractivity contribution in [3.63, 3.8) is 0 Å². The lowest BCUT2D eigenvalue weighted by Gasteiger charge is -2.33. The number of hydrogen-bond acceptors (Lipinski definition) is 3. The Kier molecular flexibility index (Phi) is 4.17. The Morgan fingerprint density at radius 2 is 1.61 bits per heavy atom. The lowest BCUT2D eigenvalue weighted by Crippen LogP contribution is -2.41. The van der Waals surface area contributed by atoms with E-state index in [1.165, 1.54) is 37.8 Å². The van der Waals surface area contributed by atoms with Crippen LogP contribution in [-0.2, 0) is 15.9 Å². The second-order valence-electron chi connectivity index (χ2n) is 8.80. The molecule has 1 saturated heterocycles. The van der Waals surface area contributed by atoms with Gasteiger partial charge in [0.05, 0.1) is 11.2 Å². The van der Waals surface area contributed by atoms with Crippen molar-refractivity contribution in [3.8, 4) is 0 Å². The monoisotopic (exact) mass is 318 g/mol. The first kappa shape index (κ1) is 17.0. The first-order valence-corrected chi connectivity index (χ1v) is 9.02. The molecule has 0 aromatic carbocycles. The average Bonchev–Trinajstić information content (AvgIpc) is 2.88. The first-order chi connectivity index (χ1) is 10.6. The van der Waals surface area contributed by atoms with Crippen molar-refractivity contribution in [1.82, 2.24) is 9.78 Å². The van der Waals surface area contributed by atoms with E-state index in [-0.39, 0.29) is 18.3 Å². The maximum absolute atomic E-state index is 6.18. The first-order valence-electron chi connectivity index (χ1n) is 9.02. The highest BCUT2D eigenvalue weighted by Crippen LogP contribution is 2.38. The van der Waals surface area contributed by atoms with E-state index in [0.717, 1.165) is 12.0 Å². The van der Waals surface area contributed by atoms with E-state index >= 15 is 0 Å². The van der Waals surface area contributed by atoms with E-state index in [1.54, 1.807) is 0 Å². The van der Waals surface area contributed by atoms with Crippen LogP contribution in [0.3, 0.4) is 0 Å². The van der Waals surface area contributed by atoms with Crippen LogP contribution in [0, 0.1) is 12.3 Å². The molecule has 2 aliphatic rings. The van der Waals surface area contributed by atoms with Crippen molar-refractivity contribution >= 4 is 12.6 Å². The fourth-order valence-corrected chi connectivity index (χ4v) is 3.75. The molecule has 0 unspecified atom stereocenters. The predicted octanol–water partition coefficient (Wildman–Crippen LogP) is 3.46. The molecule has 1 aromatic heterocycles. The Labute approximate surface area is 141 Å². The summed E-state index contributed by atoms with van der Waals surface area (Å²) in [6.07, 6.45) is 8.62. The third-order valence-electron chi connectivity index (χ3n) is 6.24. The number of aromatic nitrogens is 2. The summed E-state index contributed by atoms with van der Waals surface area (Å²) in [6.45, 7) is 13.9. The van der Waals surface area contributed by atoms with Gasteiger partial charge in [0.25, 0.3) is 0 Å². The molecular formula is C18H31BN2O2. The zero-order valence-electron chi connectivity index (χ0n) is 15.6. The number of rotatable bonds is 3. The standard InChI is InChI=1S/C18H31BN2O2/c1-14-15(19-22-16(2,3)17(4,5)23-19)12-20-21(14)13-18(6)10-8-7-9-11-18/h12H,7-11,13H2,1-6H3. The molecule has 2 heterocycles. The molecule has 3 rings (SSSR count). The minimum Gasteiger partial charge on any atom is -0.399 e. The van der Waals surface area contributed by atoms with Gasteiger partial charge in [-0.15, -0.1) is 0 Å². The van der Waals surface area contributed by atoms with Crippen molar-refractivity contribution in [1.29, 1.82) is 0 Å². The molecule has 1 aliphatic heterocycles. The summed E-state index contributed by atoms with van der Waals surface area (Å²) in [4.78, 5) is 0. The quantitative estimate of drug-likeness (QED) is 0.801. The topological polar surface area (TPSA) is 36.3 Å². The Morgan fingerprint density at radius 1 is 1.04 bits per heavy atom. The SMILES string of the molecule is Cc1c(B2OC(C)(C)C(C)(C)O2)cnn1CC1(C)CCCCC1. The molecule has 4 nitrogen and oxygen atoms in total. The number of nitrogens with zero attached hydrogens (tertiary/aromatic N) is 2. The summed E-state index contributed by atoms with van der Waals surface area (Å²) < 4.78 is 14.5. The van der Waals surface area contributed by atoms with Gasteiger partial charge in [-0.2, -0.15) is 5.10 Å². The summed E-state index contributed by atoms with van der Waals surface area (Å²) >= 11 is 0. The maximum atomic E-state index is 6.18. The van der Waals surface area contributed by atoms with Crippen molar-refractivity contribution in [2.45, 2.75) is 91.4 Å². The third-order valence-corrected chi connectivity index (χ3v) is 6.24. The van der Waals surface area contributed by atoms with Crippen molar-refractivity contribution in [3.05, 3.63) is 11.9 Å². The van der Waals surface area contributed by atoms with Gasteiger partial charge in [-0.3, -0.25) is 4.68 Å². The van der Waals surface area contributed by atoms with Gasteiger partial charge in [-0.05, 0) is 52.9 Å². The Hall–Kier alpha value is -0.805. The molecule has 128 valence electrons. The summed E-state index contributed by atoms with van der Waals surface area (Å²) in [5, 5.41) is 4.65. The van der Waals surface area contributed by atoms with Crippen LogP contribution in [0.4, 0.5) is 0 Å². The number of hydrogen-bond donors (Lipinski definition) is 0. The van der Waals surface area contributed by atoms with Crippen LogP contribution in [0.2, 0.25) is 0 Å². The molecule has 0 N–H and O–H groups in total. The van der Waals surface area contributed by atoms with E-state index in [1.807, 2.05) is 6.20 Å². The lowest BCUT2D eigenvalue weighted by molar-refractivity contribution is 0.00578. The zero-order valence-corrected chi connectivity index (χ0v) is 15.6. The summed E-state index contributed by atoms with van der Waals surface area (Å²) in [7, 11) is -0.312. The van der Waals surface area contributed by atoms with Crippen LogP contribution < -0.4 is 5.46 Å². The van der Waals surface area contributed by atoms with Crippen LogP contribution in [0.1, 0.15) is 72.4 Å². The zero-order chi connectivity index (χ0) is 16.9. The Balaban J connectivity index is 1.78. The second-order valence-corrected chi connectivity index (χ2v) is 8.80. The van der Waals surface area contributed by atoms with Gasteiger partial charge >= 0.3 is 7.12 Å². The van der Waals surface area contributed by atoms with Gasteiger partial charge in [0, 0.05) is 23.9 Å². The van der Waals surface area contributed by atoms with E-state index in [2.05, 4.69) is 51.3 Å². The van der Waals surface area contributed by atoms with Crippen LogP contribution in [0.25, 0.3) is 0 Å². The Bertz CT molecular complexity index is 558. The van der Waals surface area contributed by atoms with Crippen molar-refractivity contribution < 1.29 is 9.31 Å². The molecule has 5 heteroatoms. The van der Waals surface area contributed by atoms with Gasteiger partial charge in [0.1, 0.15) is 0 Å². The van der Waals surface area contributed by atoms with Gasteiger partial charge in [-0.1, -0.05) is 26.2 Å². The minimum absolute atomic E-state index is 0.304. The van der Waals surface area contributed by atoms with Gasteiger partial charge in [-0.25, -0.2) is 0 Å². The van der Waals surface area contributed by atoms with E-state index in [4.69, 9.17) is 9.31 Å². The molecule has 0 spiro atoms. The van der Waals surface area contributed by atoms with Crippen molar-refractivity contribution in [2.24, 2.45) is 5.41 Å². The predicted molar refractivity (Wildman–Crippen MR) is 93.9 cm³/mol. The normalized spacial score (nSPS) is 25.7. The minimum atomic E-state index is -0.312. The molecule has 2 fully saturated rings. The molecular weight excluding hydrogens is 287 g/mol. The Morgan fingerprint density at radius 3 is 2.17 bits per heavy atom. The van der Waals surface area contributed by atoms with E-state index in [9.17, 15) is 0 Å². The van der Waals surface area contributed by atoms with Crippen LogP contribution >= 0.6 is 0 Å². The molecule has 0 bridgehead atoms. The highest BCUT2D eigenvalue weighted by atomic mass is 16.7. The van der Waals surface area contributed by atoms with E-state index < -0.39 is 0 Å². The highest BCUT2D eigenvalue weighted by molar-refractivity contribution is 6.62. The van der Waals surface area contributed by atoms with Crippen LogP contribution in [-0.4, -0.2) is 28.1 Å². The van der Waals surface area contributed by atoms with Gasteiger partial charge < -0.3 is 9.31 Å². The molecule has 0 radical (unpaired) electrons. The fraction of sp³-hybridized carbons (Fsp3) is 0.833. The largest absolute Gasteiger partial charge is 0.498 e. The summed E-state index contributed by atoms with van der Waals surface area (Å²) in [6, 6.07) is 0. The van der Waals surface area contributed by atoms with Gasteiger partial charge in [0.15, 0.2) is 0 Å².